The van der Waals surface area contributed by atoms with Crippen LogP contribution in [-0.4, -0.2) is 54.4 Å². The van der Waals surface area contributed by atoms with Crippen LogP contribution in [0.3, 0.4) is 0 Å². The molecule has 1 unspecified atom stereocenters. The third-order valence-electron chi connectivity index (χ3n) is 3.16. The average Bonchev–Trinajstić information content (AvgIpc) is 2.82. The second-order valence-electron chi connectivity index (χ2n) is 5.22. The molecule has 1 aliphatic heterocycles. The zero-order valence-electron chi connectivity index (χ0n) is 11.7. The normalized spacial score (nSPS) is 18.9. The van der Waals surface area contributed by atoms with E-state index >= 15 is 0 Å². The summed E-state index contributed by atoms with van der Waals surface area (Å²) in [6.07, 6.45) is 2.28. The Balaban J connectivity index is 2.15. The Labute approximate surface area is 114 Å². The predicted octanol–water partition coefficient (Wildman–Crippen LogP) is 1.31. The Hall–Kier alpha value is -1.30. The number of amides is 2. The smallest absolute Gasteiger partial charge is 0.326 e. The summed E-state index contributed by atoms with van der Waals surface area (Å²) in [5, 5.41) is 11.7. The number of ether oxygens (including phenoxy) is 1. The number of carbonyl (C=O) groups excluding carboxylic acids is 1. The van der Waals surface area contributed by atoms with Gasteiger partial charge in [0.2, 0.25) is 0 Å². The van der Waals surface area contributed by atoms with E-state index in [-0.39, 0.29) is 6.03 Å². The van der Waals surface area contributed by atoms with E-state index in [9.17, 15) is 9.59 Å². The number of nitrogens with one attached hydrogen (secondary N) is 1. The highest BCUT2D eigenvalue weighted by Gasteiger charge is 2.33. The number of hydrogen-bond acceptors (Lipinski definition) is 3. The Bertz CT molecular complexity index is 307. The second kappa shape index (κ2) is 7.99. The molecule has 1 aliphatic rings. The Morgan fingerprint density at radius 2 is 2.16 bits per heavy atom. The summed E-state index contributed by atoms with van der Waals surface area (Å²) >= 11 is 0. The lowest BCUT2D eigenvalue weighted by Crippen LogP contribution is -2.46. The van der Waals surface area contributed by atoms with Crippen LogP contribution in [0.15, 0.2) is 0 Å². The van der Waals surface area contributed by atoms with Crippen LogP contribution in [0.4, 0.5) is 4.79 Å². The molecule has 0 spiro atoms. The molecule has 0 aliphatic carbocycles. The summed E-state index contributed by atoms with van der Waals surface area (Å²) in [5.41, 5.74) is 0. The molecule has 0 aromatic carbocycles. The average molecular weight is 272 g/mol. The van der Waals surface area contributed by atoms with Gasteiger partial charge in [-0.15, -0.1) is 0 Å². The monoisotopic (exact) mass is 272 g/mol. The van der Waals surface area contributed by atoms with Gasteiger partial charge in [0.1, 0.15) is 6.04 Å². The molecule has 0 saturated carbocycles. The van der Waals surface area contributed by atoms with Crippen LogP contribution in [0.5, 0.6) is 0 Å². The molecule has 110 valence electrons. The minimum atomic E-state index is -0.930. The molecule has 2 amide bonds. The zero-order chi connectivity index (χ0) is 14.3. The molecular weight excluding hydrogens is 248 g/mol. The highest BCUT2D eigenvalue weighted by Crippen LogP contribution is 2.17. The molecule has 1 saturated heterocycles. The van der Waals surface area contributed by atoms with Crippen molar-refractivity contribution >= 4 is 12.0 Å². The van der Waals surface area contributed by atoms with Crippen LogP contribution in [0.2, 0.25) is 0 Å². The van der Waals surface area contributed by atoms with Crippen molar-refractivity contribution in [3.63, 3.8) is 0 Å². The largest absolute Gasteiger partial charge is 0.480 e. The first-order valence-electron chi connectivity index (χ1n) is 6.87. The van der Waals surface area contributed by atoms with Crippen LogP contribution < -0.4 is 5.32 Å². The molecule has 1 atom stereocenters. The van der Waals surface area contributed by atoms with Gasteiger partial charge in [0.15, 0.2) is 0 Å². The van der Waals surface area contributed by atoms with Gasteiger partial charge >= 0.3 is 12.0 Å². The molecule has 6 heteroatoms. The van der Waals surface area contributed by atoms with Crippen molar-refractivity contribution in [1.29, 1.82) is 0 Å². The first-order chi connectivity index (χ1) is 9.02. The van der Waals surface area contributed by atoms with E-state index in [0.717, 1.165) is 12.8 Å². The van der Waals surface area contributed by atoms with Gasteiger partial charge in [-0.2, -0.15) is 0 Å². The van der Waals surface area contributed by atoms with Crippen molar-refractivity contribution in [1.82, 2.24) is 10.2 Å². The minimum absolute atomic E-state index is 0.308. The Kier molecular flexibility index (Phi) is 6.62. The maximum atomic E-state index is 11.8. The van der Waals surface area contributed by atoms with Crippen molar-refractivity contribution in [3.8, 4) is 0 Å². The molecule has 1 heterocycles. The number of likely N-dealkylation sites (tertiary alicyclic amines) is 1. The van der Waals surface area contributed by atoms with E-state index in [4.69, 9.17) is 9.84 Å². The summed E-state index contributed by atoms with van der Waals surface area (Å²) in [6.45, 7) is 6.34. The van der Waals surface area contributed by atoms with Gasteiger partial charge in [-0.3, -0.25) is 0 Å². The van der Waals surface area contributed by atoms with E-state index in [1.54, 1.807) is 0 Å². The first-order valence-corrected chi connectivity index (χ1v) is 6.87. The summed E-state index contributed by atoms with van der Waals surface area (Å²) in [7, 11) is 0. The standard InChI is InChI=1S/C13H24N2O4/c1-10(2)5-8-19-9-6-14-13(18)15-7-3-4-11(15)12(16)17/h10-11H,3-9H2,1-2H3,(H,14,18)(H,16,17). The van der Waals surface area contributed by atoms with E-state index < -0.39 is 12.0 Å². The number of carboxylic acid groups (broad SMARTS) is 1. The van der Waals surface area contributed by atoms with Gasteiger partial charge in [-0.05, 0) is 25.2 Å². The molecule has 0 radical (unpaired) electrons. The highest BCUT2D eigenvalue weighted by atomic mass is 16.5. The SMILES string of the molecule is CC(C)CCOCCNC(=O)N1CCCC1C(=O)O. The van der Waals surface area contributed by atoms with Gasteiger partial charge in [0.05, 0.1) is 6.61 Å². The molecule has 6 nitrogen and oxygen atoms in total. The number of carbonyl (C=O) groups is 2. The number of urea groups is 1. The fraction of sp³-hybridized carbons (Fsp3) is 0.846. The number of hydrogen-bond donors (Lipinski definition) is 2. The third-order valence-corrected chi connectivity index (χ3v) is 3.16. The number of nitrogens with zero attached hydrogens (tertiary/aromatic N) is 1. The van der Waals surface area contributed by atoms with E-state index in [1.807, 2.05) is 0 Å². The fourth-order valence-electron chi connectivity index (χ4n) is 2.02. The van der Waals surface area contributed by atoms with Gasteiger partial charge in [0.25, 0.3) is 0 Å². The van der Waals surface area contributed by atoms with Gasteiger partial charge in [-0.1, -0.05) is 13.8 Å². The number of carboxylic acids is 1. The zero-order valence-corrected chi connectivity index (χ0v) is 11.7. The van der Waals surface area contributed by atoms with Crippen LogP contribution >= 0.6 is 0 Å². The van der Waals surface area contributed by atoms with Gasteiger partial charge in [0, 0.05) is 19.7 Å². The van der Waals surface area contributed by atoms with Crippen LogP contribution in [0.25, 0.3) is 0 Å². The first kappa shape index (κ1) is 15.8. The Morgan fingerprint density at radius 1 is 1.42 bits per heavy atom. The molecule has 1 fully saturated rings. The van der Waals surface area contributed by atoms with E-state index in [0.29, 0.717) is 38.6 Å². The lowest BCUT2D eigenvalue weighted by molar-refractivity contribution is -0.141. The maximum Gasteiger partial charge on any atom is 0.326 e. The second-order valence-corrected chi connectivity index (χ2v) is 5.22. The summed E-state index contributed by atoms with van der Waals surface area (Å²) in [5.74, 6) is -0.323. The quantitative estimate of drug-likeness (QED) is 0.685. The third kappa shape index (κ3) is 5.46. The van der Waals surface area contributed by atoms with Crippen LogP contribution in [0, 0.1) is 5.92 Å². The van der Waals surface area contributed by atoms with Gasteiger partial charge in [-0.25, -0.2) is 9.59 Å². The van der Waals surface area contributed by atoms with Crippen LogP contribution in [0.1, 0.15) is 33.1 Å². The highest BCUT2D eigenvalue weighted by molar-refractivity contribution is 5.83. The topological polar surface area (TPSA) is 78.9 Å². The molecule has 2 N–H and O–H groups in total. The van der Waals surface area contributed by atoms with Crippen molar-refractivity contribution < 1.29 is 19.4 Å². The van der Waals surface area contributed by atoms with Crippen molar-refractivity contribution in [2.75, 3.05) is 26.3 Å². The molecular formula is C13H24N2O4. The molecule has 0 bridgehead atoms. The lowest BCUT2D eigenvalue weighted by atomic mass is 10.1. The van der Waals surface area contributed by atoms with Crippen molar-refractivity contribution in [3.05, 3.63) is 0 Å². The van der Waals surface area contributed by atoms with E-state index in [2.05, 4.69) is 19.2 Å². The maximum absolute atomic E-state index is 11.8. The van der Waals surface area contributed by atoms with Crippen molar-refractivity contribution in [2.45, 2.75) is 39.2 Å². The fourth-order valence-corrected chi connectivity index (χ4v) is 2.02. The lowest BCUT2D eigenvalue weighted by Gasteiger charge is -2.21. The molecule has 0 aromatic rings. The summed E-state index contributed by atoms with van der Waals surface area (Å²) in [4.78, 5) is 24.1. The number of rotatable bonds is 7. The predicted molar refractivity (Wildman–Crippen MR) is 71.0 cm³/mol. The molecule has 0 aromatic heterocycles. The Morgan fingerprint density at radius 3 is 2.79 bits per heavy atom. The van der Waals surface area contributed by atoms with Gasteiger partial charge < -0.3 is 20.1 Å². The summed E-state index contributed by atoms with van der Waals surface area (Å²) in [6, 6.07) is -0.987. The van der Waals surface area contributed by atoms with Crippen molar-refractivity contribution in [2.24, 2.45) is 5.92 Å². The number of aliphatic carboxylic acids is 1. The molecule has 19 heavy (non-hydrogen) atoms. The molecule has 1 rings (SSSR count). The summed E-state index contributed by atoms with van der Waals surface area (Å²) < 4.78 is 5.38. The van der Waals surface area contributed by atoms with E-state index in [1.165, 1.54) is 4.90 Å². The minimum Gasteiger partial charge on any atom is -0.480 e. The van der Waals surface area contributed by atoms with Crippen LogP contribution in [-0.2, 0) is 9.53 Å².